The van der Waals surface area contributed by atoms with Gasteiger partial charge in [0.15, 0.2) is 6.61 Å². The van der Waals surface area contributed by atoms with Gasteiger partial charge in [-0.05, 0) is 31.7 Å². The first-order chi connectivity index (χ1) is 8.95. The predicted octanol–water partition coefficient (Wildman–Crippen LogP) is 2.48. The second kappa shape index (κ2) is 7.36. The number of halogens is 1. The van der Waals surface area contributed by atoms with Crippen LogP contribution in [0.25, 0.3) is 0 Å². The fourth-order valence-electron chi connectivity index (χ4n) is 1.67. The van der Waals surface area contributed by atoms with E-state index in [9.17, 15) is 4.79 Å². The van der Waals surface area contributed by atoms with Gasteiger partial charge in [0, 0.05) is 30.7 Å². The summed E-state index contributed by atoms with van der Waals surface area (Å²) in [4.78, 5) is 13.1. The molecule has 1 atom stereocenters. The molecule has 5 heteroatoms. The van der Waals surface area contributed by atoms with Crippen molar-refractivity contribution in [1.82, 2.24) is 10.2 Å². The lowest BCUT2D eigenvalue weighted by molar-refractivity contribution is -0.130. The quantitative estimate of drug-likeness (QED) is 0.873. The summed E-state index contributed by atoms with van der Waals surface area (Å²) in [5.41, 5.74) is 0.959. The summed E-state index contributed by atoms with van der Waals surface area (Å²) in [6.07, 6.45) is 0. The first-order valence-corrected chi connectivity index (χ1v) is 6.69. The van der Waals surface area contributed by atoms with Gasteiger partial charge in [0.25, 0.3) is 5.91 Å². The molecule has 0 saturated carbocycles. The number of ether oxygens (including phenoxy) is 1. The Kier molecular flexibility index (Phi) is 6.12. The highest BCUT2D eigenvalue weighted by Gasteiger charge is 2.13. The van der Waals surface area contributed by atoms with Crippen LogP contribution in [0, 0.1) is 0 Å². The molecule has 1 N–H and O–H groups in total. The molecule has 0 heterocycles. The van der Waals surface area contributed by atoms with Crippen LogP contribution in [-0.4, -0.2) is 38.1 Å². The van der Waals surface area contributed by atoms with Crippen molar-refractivity contribution in [2.24, 2.45) is 0 Å². The molecule has 0 aromatic heterocycles. The molecule has 1 aromatic rings. The second-order valence-electron chi connectivity index (χ2n) is 4.54. The molecule has 4 nitrogen and oxygen atoms in total. The number of nitrogens with zero attached hydrogens (tertiary/aromatic N) is 1. The van der Waals surface area contributed by atoms with E-state index in [0.717, 1.165) is 12.1 Å². The number of hydrogen-bond donors (Lipinski definition) is 1. The van der Waals surface area contributed by atoms with Crippen LogP contribution in [0.3, 0.4) is 0 Å². The molecular weight excluding hydrogens is 264 g/mol. The van der Waals surface area contributed by atoms with Crippen molar-refractivity contribution in [1.29, 1.82) is 0 Å². The molecule has 0 radical (unpaired) electrons. The smallest absolute Gasteiger partial charge is 0.259 e. The van der Waals surface area contributed by atoms with Crippen molar-refractivity contribution in [3.63, 3.8) is 0 Å². The van der Waals surface area contributed by atoms with E-state index < -0.39 is 0 Å². The highest BCUT2D eigenvalue weighted by atomic mass is 35.5. The molecule has 0 aliphatic carbocycles. The minimum atomic E-state index is -0.0722. The van der Waals surface area contributed by atoms with E-state index in [1.54, 1.807) is 26.2 Å². The minimum absolute atomic E-state index is 0.0283. The number of amides is 1. The van der Waals surface area contributed by atoms with Gasteiger partial charge in [0.1, 0.15) is 5.75 Å². The third-order valence-corrected chi connectivity index (χ3v) is 3.03. The molecular formula is C14H21ClN2O2. The van der Waals surface area contributed by atoms with Gasteiger partial charge in [-0.1, -0.05) is 18.5 Å². The van der Waals surface area contributed by atoms with Crippen molar-refractivity contribution in [2.45, 2.75) is 19.9 Å². The first kappa shape index (κ1) is 15.8. The molecule has 0 spiro atoms. The number of nitrogens with one attached hydrogen (secondary N) is 1. The molecule has 19 heavy (non-hydrogen) atoms. The van der Waals surface area contributed by atoms with Crippen LogP contribution in [0.4, 0.5) is 0 Å². The molecule has 1 unspecified atom stereocenters. The van der Waals surface area contributed by atoms with Crippen LogP contribution in [-0.2, 0) is 4.79 Å². The summed E-state index contributed by atoms with van der Waals surface area (Å²) in [6.45, 7) is 4.96. The van der Waals surface area contributed by atoms with Crippen LogP contribution in [0.5, 0.6) is 5.75 Å². The van der Waals surface area contributed by atoms with Crippen LogP contribution in [0.2, 0.25) is 5.02 Å². The standard InChI is InChI=1S/C14H21ClN2O2/c1-5-16-10(2)12-8-11(15)6-7-13(12)19-9-14(18)17(3)4/h6-8,10,16H,5,9H2,1-4H3. The van der Waals surface area contributed by atoms with Crippen LogP contribution >= 0.6 is 11.6 Å². The Hall–Kier alpha value is -1.26. The van der Waals surface area contributed by atoms with Gasteiger partial charge in [0.2, 0.25) is 0 Å². The summed E-state index contributed by atoms with van der Waals surface area (Å²) in [6, 6.07) is 5.55. The second-order valence-corrected chi connectivity index (χ2v) is 4.97. The van der Waals surface area contributed by atoms with Crippen LogP contribution in [0.1, 0.15) is 25.5 Å². The molecule has 0 fully saturated rings. The molecule has 0 aliphatic rings. The Morgan fingerprint density at radius 3 is 2.74 bits per heavy atom. The summed E-state index contributed by atoms with van der Waals surface area (Å²) in [5, 5.41) is 3.96. The maximum Gasteiger partial charge on any atom is 0.259 e. The molecule has 0 saturated heterocycles. The third kappa shape index (κ3) is 4.73. The maximum absolute atomic E-state index is 11.5. The lowest BCUT2D eigenvalue weighted by Gasteiger charge is -2.18. The summed E-state index contributed by atoms with van der Waals surface area (Å²) >= 11 is 6.02. The minimum Gasteiger partial charge on any atom is -0.483 e. The van der Waals surface area contributed by atoms with Gasteiger partial charge in [-0.25, -0.2) is 0 Å². The lowest BCUT2D eigenvalue weighted by atomic mass is 10.1. The van der Waals surface area contributed by atoms with Crippen LogP contribution in [0.15, 0.2) is 18.2 Å². The first-order valence-electron chi connectivity index (χ1n) is 6.31. The normalized spacial score (nSPS) is 12.1. The number of likely N-dealkylation sites (N-methyl/N-ethyl adjacent to an activating group) is 1. The van der Waals surface area contributed by atoms with Crippen molar-refractivity contribution in [3.8, 4) is 5.75 Å². The summed E-state index contributed by atoms with van der Waals surface area (Å²) < 4.78 is 5.59. The monoisotopic (exact) mass is 284 g/mol. The van der Waals surface area contributed by atoms with E-state index >= 15 is 0 Å². The Labute approximate surface area is 119 Å². The summed E-state index contributed by atoms with van der Waals surface area (Å²) in [5.74, 6) is 0.616. The van der Waals surface area contributed by atoms with E-state index in [2.05, 4.69) is 5.32 Å². The highest BCUT2D eigenvalue weighted by molar-refractivity contribution is 6.30. The van der Waals surface area contributed by atoms with Gasteiger partial charge in [-0.2, -0.15) is 0 Å². The Morgan fingerprint density at radius 1 is 1.47 bits per heavy atom. The lowest BCUT2D eigenvalue weighted by Crippen LogP contribution is -2.28. The predicted molar refractivity (Wildman–Crippen MR) is 77.7 cm³/mol. The van der Waals surface area contributed by atoms with Crippen molar-refractivity contribution < 1.29 is 9.53 Å². The third-order valence-electron chi connectivity index (χ3n) is 2.80. The maximum atomic E-state index is 11.5. The largest absolute Gasteiger partial charge is 0.483 e. The topological polar surface area (TPSA) is 41.6 Å². The molecule has 0 aliphatic heterocycles. The van der Waals surface area contributed by atoms with Gasteiger partial charge in [-0.15, -0.1) is 0 Å². The van der Waals surface area contributed by atoms with Gasteiger partial charge < -0.3 is 15.0 Å². The number of hydrogen-bond acceptors (Lipinski definition) is 3. The fourth-order valence-corrected chi connectivity index (χ4v) is 1.85. The zero-order chi connectivity index (χ0) is 14.4. The zero-order valence-electron chi connectivity index (χ0n) is 11.9. The average molecular weight is 285 g/mol. The number of carbonyl (C=O) groups is 1. The SMILES string of the molecule is CCNC(C)c1cc(Cl)ccc1OCC(=O)N(C)C. The van der Waals surface area contributed by atoms with E-state index in [4.69, 9.17) is 16.3 Å². The Bertz CT molecular complexity index is 435. The molecule has 0 bridgehead atoms. The highest BCUT2D eigenvalue weighted by Crippen LogP contribution is 2.28. The van der Waals surface area contributed by atoms with E-state index in [1.165, 1.54) is 4.90 Å². The van der Waals surface area contributed by atoms with Crippen molar-refractivity contribution in [2.75, 3.05) is 27.2 Å². The number of carbonyl (C=O) groups excluding carboxylic acids is 1. The molecule has 106 valence electrons. The van der Waals surface area contributed by atoms with Crippen LogP contribution < -0.4 is 10.1 Å². The Balaban J connectivity index is 2.84. The average Bonchev–Trinajstić information content (AvgIpc) is 2.36. The van der Waals surface area contributed by atoms with E-state index in [0.29, 0.717) is 10.8 Å². The van der Waals surface area contributed by atoms with Gasteiger partial charge >= 0.3 is 0 Å². The zero-order valence-corrected chi connectivity index (χ0v) is 12.6. The molecule has 1 amide bonds. The van der Waals surface area contributed by atoms with Gasteiger partial charge in [-0.3, -0.25) is 4.79 Å². The number of rotatable bonds is 6. The summed E-state index contributed by atoms with van der Waals surface area (Å²) in [7, 11) is 3.41. The van der Waals surface area contributed by atoms with Crippen molar-refractivity contribution in [3.05, 3.63) is 28.8 Å². The van der Waals surface area contributed by atoms with Crippen molar-refractivity contribution >= 4 is 17.5 Å². The molecule has 1 aromatic carbocycles. The van der Waals surface area contributed by atoms with E-state index in [-0.39, 0.29) is 18.6 Å². The number of benzene rings is 1. The van der Waals surface area contributed by atoms with Gasteiger partial charge in [0.05, 0.1) is 0 Å². The Morgan fingerprint density at radius 2 is 2.16 bits per heavy atom. The fraction of sp³-hybridized carbons (Fsp3) is 0.500. The molecule has 1 rings (SSSR count). The van der Waals surface area contributed by atoms with E-state index in [1.807, 2.05) is 19.9 Å².